The average Bonchev–Trinajstić information content (AvgIpc) is 2.89. The van der Waals surface area contributed by atoms with E-state index < -0.39 is 0 Å². The van der Waals surface area contributed by atoms with Crippen molar-refractivity contribution in [3.05, 3.63) is 0 Å². The predicted molar refractivity (Wildman–Crippen MR) is 100 cm³/mol. The summed E-state index contributed by atoms with van der Waals surface area (Å²) in [6.07, 6.45) is 7.52. The molecule has 5 heteroatoms. The maximum absolute atomic E-state index is 12.4. The third-order valence-electron chi connectivity index (χ3n) is 5.78. The van der Waals surface area contributed by atoms with Crippen molar-refractivity contribution in [1.29, 1.82) is 0 Å². The number of carbonyl (C=O) groups excluding carboxylic acids is 1. The highest BCUT2D eigenvalue weighted by Crippen LogP contribution is 2.21. The topological polar surface area (TPSA) is 38.8 Å². The van der Waals surface area contributed by atoms with Gasteiger partial charge in [-0.3, -0.25) is 0 Å². The van der Waals surface area contributed by atoms with Gasteiger partial charge >= 0.3 is 6.03 Å². The molecular formula is C19H38N4O. The van der Waals surface area contributed by atoms with Gasteiger partial charge in [0.2, 0.25) is 0 Å². The lowest BCUT2D eigenvalue weighted by molar-refractivity contribution is 0.123. The van der Waals surface area contributed by atoms with E-state index in [9.17, 15) is 4.79 Å². The molecule has 2 aliphatic rings. The lowest BCUT2D eigenvalue weighted by atomic mass is 10.1. The van der Waals surface area contributed by atoms with Gasteiger partial charge in [0.05, 0.1) is 0 Å². The van der Waals surface area contributed by atoms with Crippen LogP contribution in [0.4, 0.5) is 4.79 Å². The summed E-state index contributed by atoms with van der Waals surface area (Å²) < 4.78 is 0. The summed E-state index contributed by atoms with van der Waals surface area (Å²) in [6.45, 7) is 12.2. The average molecular weight is 339 g/mol. The Kier molecular flexibility index (Phi) is 8.33. The quantitative estimate of drug-likeness (QED) is 0.757. The summed E-state index contributed by atoms with van der Waals surface area (Å²) in [5, 5.41) is 3.16. The zero-order chi connectivity index (χ0) is 17.4. The first kappa shape index (κ1) is 19.5. The molecule has 2 rings (SSSR count). The van der Waals surface area contributed by atoms with Gasteiger partial charge in [0.1, 0.15) is 0 Å². The molecule has 2 amide bonds. The molecule has 5 nitrogen and oxygen atoms in total. The Labute approximate surface area is 148 Å². The second-order valence-electron chi connectivity index (χ2n) is 7.78. The van der Waals surface area contributed by atoms with Crippen molar-refractivity contribution in [2.45, 2.75) is 58.4 Å². The number of hydrogen-bond donors (Lipinski definition) is 1. The van der Waals surface area contributed by atoms with Crippen molar-refractivity contribution in [3.8, 4) is 0 Å². The number of piperazine rings is 1. The van der Waals surface area contributed by atoms with E-state index in [1.807, 2.05) is 11.9 Å². The summed E-state index contributed by atoms with van der Waals surface area (Å²) in [5.41, 5.74) is 0. The van der Waals surface area contributed by atoms with Crippen molar-refractivity contribution >= 4 is 6.03 Å². The van der Waals surface area contributed by atoms with Gasteiger partial charge in [0, 0.05) is 52.4 Å². The molecule has 0 aromatic carbocycles. The van der Waals surface area contributed by atoms with Gasteiger partial charge < -0.3 is 20.0 Å². The Morgan fingerprint density at radius 3 is 2.25 bits per heavy atom. The molecule has 2 fully saturated rings. The zero-order valence-electron chi connectivity index (χ0n) is 16.1. The number of urea groups is 1. The van der Waals surface area contributed by atoms with E-state index in [0.29, 0.717) is 12.0 Å². The van der Waals surface area contributed by atoms with E-state index in [1.54, 1.807) is 0 Å². The molecule has 1 atom stereocenters. The monoisotopic (exact) mass is 338 g/mol. The smallest absolute Gasteiger partial charge is 0.317 e. The molecule has 1 N–H and O–H groups in total. The number of likely N-dealkylation sites (N-methyl/N-ethyl adjacent to an activating group) is 1. The summed E-state index contributed by atoms with van der Waals surface area (Å²) in [5.74, 6) is 0.504. The summed E-state index contributed by atoms with van der Waals surface area (Å²) in [7, 11) is 1.97. The molecular weight excluding hydrogens is 300 g/mol. The van der Waals surface area contributed by atoms with Gasteiger partial charge in [0.25, 0.3) is 0 Å². The fourth-order valence-corrected chi connectivity index (χ4v) is 3.99. The van der Waals surface area contributed by atoms with Gasteiger partial charge in [-0.25, -0.2) is 4.79 Å². The number of hydrogen-bond acceptors (Lipinski definition) is 3. The Hall–Kier alpha value is -0.810. The summed E-state index contributed by atoms with van der Waals surface area (Å²) in [6, 6.07) is 0.550. The van der Waals surface area contributed by atoms with Crippen molar-refractivity contribution in [1.82, 2.24) is 20.0 Å². The summed E-state index contributed by atoms with van der Waals surface area (Å²) >= 11 is 0. The van der Waals surface area contributed by atoms with E-state index in [-0.39, 0.29) is 6.03 Å². The first-order valence-electron chi connectivity index (χ1n) is 10.1. The minimum Gasteiger partial charge on any atom is -0.338 e. The highest BCUT2D eigenvalue weighted by Gasteiger charge is 2.22. The van der Waals surface area contributed by atoms with E-state index >= 15 is 0 Å². The van der Waals surface area contributed by atoms with Crippen molar-refractivity contribution in [2.24, 2.45) is 5.92 Å². The molecule has 0 aromatic heterocycles. The Morgan fingerprint density at radius 1 is 1.08 bits per heavy atom. The maximum atomic E-state index is 12.4. The standard InChI is InChI=1S/C19H38N4O/c1-4-22-11-13-23(14-12-22)16-17(2)15-20-19(24)21(3)18-9-7-5-6-8-10-18/h17-18H,4-16H2,1-3H3,(H,20,24). The largest absolute Gasteiger partial charge is 0.338 e. The number of rotatable bonds is 6. The predicted octanol–water partition coefficient (Wildman–Crippen LogP) is 2.62. The van der Waals surface area contributed by atoms with E-state index in [2.05, 4.69) is 29.0 Å². The van der Waals surface area contributed by atoms with Gasteiger partial charge in [0.15, 0.2) is 0 Å². The fraction of sp³-hybridized carbons (Fsp3) is 0.947. The molecule has 1 heterocycles. The number of amides is 2. The lowest BCUT2D eigenvalue weighted by Gasteiger charge is -2.35. The maximum Gasteiger partial charge on any atom is 0.317 e. The second kappa shape index (κ2) is 10.2. The molecule has 140 valence electrons. The van der Waals surface area contributed by atoms with Crippen LogP contribution in [0.1, 0.15) is 52.4 Å². The molecule has 0 radical (unpaired) electrons. The third-order valence-corrected chi connectivity index (χ3v) is 5.78. The van der Waals surface area contributed by atoms with Crippen LogP contribution >= 0.6 is 0 Å². The van der Waals surface area contributed by atoms with Crippen LogP contribution in [0.2, 0.25) is 0 Å². The first-order chi connectivity index (χ1) is 11.6. The normalized spacial score (nSPS) is 22.8. The number of nitrogens with one attached hydrogen (secondary N) is 1. The second-order valence-corrected chi connectivity index (χ2v) is 7.78. The molecule has 0 bridgehead atoms. The molecule has 1 aliphatic heterocycles. The third kappa shape index (κ3) is 6.25. The van der Waals surface area contributed by atoms with Crippen LogP contribution in [0.15, 0.2) is 0 Å². The van der Waals surface area contributed by atoms with E-state index in [0.717, 1.165) is 32.7 Å². The molecule has 1 aliphatic carbocycles. The van der Waals surface area contributed by atoms with Crippen molar-refractivity contribution in [3.63, 3.8) is 0 Å². The molecule has 1 saturated carbocycles. The van der Waals surface area contributed by atoms with Crippen LogP contribution in [0, 0.1) is 5.92 Å². The van der Waals surface area contributed by atoms with Crippen LogP contribution in [-0.4, -0.2) is 79.6 Å². The van der Waals surface area contributed by atoms with Gasteiger partial charge in [-0.2, -0.15) is 0 Å². The highest BCUT2D eigenvalue weighted by molar-refractivity contribution is 5.74. The molecule has 1 saturated heterocycles. The SMILES string of the molecule is CCN1CCN(CC(C)CNC(=O)N(C)C2CCCCCC2)CC1. The first-order valence-corrected chi connectivity index (χ1v) is 10.1. The Morgan fingerprint density at radius 2 is 1.67 bits per heavy atom. The number of nitrogens with zero attached hydrogens (tertiary/aromatic N) is 3. The van der Waals surface area contributed by atoms with Crippen molar-refractivity contribution < 1.29 is 4.79 Å². The molecule has 1 unspecified atom stereocenters. The van der Waals surface area contributed by atoms with Gasteiger partial charge in [-0.15, -0.1) is 0 Å². The lowest BCUT2D eigenvalue weighted by Crippen LogP contribution is -2.49. The van der Waals surface area contributed by atoms with Gasteiger partial charge in [-0.05, 0) is 25.3 Å². The zero-order valence-corrected chi connectivity index (χ0v) is 16.1. The van der Waals surface area contributed by atoms with Crippen LogP contribution in [-0.2, 0) is 0 Å². The van der Waals surface area contributed by atoms with Crippen molar-refractivity contribution in [2.75, 3.05) is 52.9 Å². The molecule has 0 aromatic rings. The highest BCUT2D eigenvalue weighted by atomic mass is 16.2. The summed E-state index contributed by atoms with van der Waals surface area (Å²) in [4.78, 5) is 19.4. The fourth-order valence-electron chi connectivity index (χ4n) is 3.99. The Balaban J connectivity index is 1.65. The molecule has 24 heavy (non-hydrogen) atoms. The van der Waals surface area contributed by atoms with Crippen LogP contribution in [0.3, 0.4) is 0 Å². The number of carbonyl (C=O) groups is 1. The Bertz CT molecular complexity index is 360. The van der Waals surface area contributed by atoms with E-state index in [1.165, 1.54) is 51.6 Å². The minimum absolute atomic E-state index is 0.115. The van der Waals surface area contributed by atoms with Gasteiger partial charge in [-0.1, -0.05) is 39.5 Å². The van der Waals surface area contributed by atoms with Crippen LogP contribution in [0.25, 0.3) is 0 Å². The van der Waals surface area contributed by atoms with Crippen LogP contribution < -0.4 is 5.32 Å². The molecule has 0 spiro atoms. The van der Waals surface area contributed by atoms with E-state index in [4.69, 9.17) is 0 Å². The minimum atomic E-state index is 0.115. The van der Waals surface area contributed by atoms with Crippen LogP contribution in [0.5, 0.6) is 0 Å².